The van der Waals surface area contributed by atoms with Gasteiger partial charge in [-0.3, -0.25) is 4.98 Å². The van der Waals surface area contributed by atoms with E-state index in [1.54, 1.807) is 24.5 Å². The minimum absolute atomic E-state index is 0.383. The van der Waals surface area contributed by atoms with Gasteiger partial charge in [0.1, 0.15) is 4.34 Å². The van der Waals surface area contributed by atoms with E-state index in [4.69, 9.17) is 34.8 Å². The van der Waals surface area contributed by atoms with Gasteiger partial charge in [0.05, 0.1) is 15.5 Å². The molecule has 6 heteroatoms. The monoisotopic (exact) mass is 307 g/mol. The zero-order chi connectivity index (χ0) is 12.4. The van der Waals surface area contributed by atoms with Crippen LogP contribution >= 0.6 is 46.1 Å². The maximum absolute atomic E-state index is 10.1. The molecule has 0 aliphatic heterocycles. The molecule has 1 N–H and O–H groups in total. The van der Waals surface area contributed by atoms with Gasteiger partial charge in [-0.05, 0) is 17.7 Å². The molecule has 0 aliphatic rings. The van der Waals surface area contributed by atoms with Crippen molar-refractivity contribution in [2.24, 2.45) is 0 Å². The highest BCUT2D eigenvalue weighted by atomic mass is 35.5. The summed E-state index contributed by atoms with van der Waals surface area (Å²) in [6.45, 7) is 0. The van der Waals surface area contributed by atoms with Crippen LogP contribution in [-0.2, 0) is 6.42 Å². The van der Waals surface area contributed by atoms with Gasteiger partial charge in [0.15, 0.2) is 0 Å². The number of nitrogens with zero attached hydrogens (tertiary/aromatic N) is 1. The Bertz CT molecular complexity index is 529. The number of rotatable bonds is 3. The minimum Gasteiger partial charge on any atom is -0.388 e. The van der Waals surface area contributed by atoms with Gasteiger partial charge < -0.3 is 5.11 Å². The average Bonchev–Trinajstić information content (AvgIpc) is 2.61. The van der Waals surface area contributed by atoms with Gasteiger partial charge in [-0.25, -0.2) is 0 Å². The van der Waals surface area contributed by atoms with Crippen molar-refractivity contribution < 1.29 is 5.11 Å². The molecule has 0 saturated heterocycles. The Morgan fingerprint density at radius 2 is 2.12 bits per heavy atom. The van der Waals surface area contributed by atoms with Crippen LogP contribution in [0.25, 0.3) is 0 Å². The number of aromatic nitrogens is 1. The van der Waals surface area contributed by atoms with Crippen LogP contribution in [0.4, 0.5) is 0 Å². The molecule has 17 heavy (non-hydrogen) atoms. The Labute approximate surface area is 118 Å². The van der Waals surface area contributed by atoms with E-state index in [9.17, 15) is 5.11 Å². The molecule has 2 aromatic heterocycles. The van der Waals surface area contributed by atoms with Crippen LogP contribution < -0.4 is 0 Å². The van der Waals surface area contributed by atoms with Crippen LogP contribution in [0, 0.1) is 0 Å². The molecule has 2 aromatic rings. The average molecular weight is 309 g/mol. The number of pyridine rings is 1. The summed E-state index contributed by atoms with van der Waals surface area (Å²) in [6.07, 6.45) is 2.85. The summed E-state index contributed by atoms with van der Waals surface area (Å²) in [5, 5.41) is 10.6. The summed E-state index contributed by atoms with van der Waals surface area (Å²) in [7, 11) is 0. The van der Waals surface area contributed by atoms with E-state index < -0.39 is 6.10 Å². The van der Waals surface area contributed by atoms with Gasteiger partial charge in [-0.15, -0.1) is 11.3 Å². The van der Waals surface area contributed by atoms with Crippen LogP contribution in [0.5, 0.6) is 0 Å². The number of aliphatic hydroxyl groups excluding tert-OH is 1. The molecule has 0 radical (unpaired) electrons. The highest BCUT2D eigenvalue weighted by molar-refractivity contribution is 7.20. The lowest BCUT2D eigenvalue weighted by atomic mass is 10.1. The van der Waals surface area contributed by atoms with Gasteiger partial charge in [0, 0.05) is 24.4 Å². The van der Waals surface area contributed by atoms with Crippen molar-refractivity contribution in [3.05, 3.63) is 49.3 Å². The van der Waals surface area contributed by atoms with Crippen molar-refractivity contribution in [1.82, 2.24) is 4.98 Å². The van der Waals surface area contributed by atoms with E-state index in [-0.39, 0.29) is 0 Å². The van der Waals surface area contributed by atoms with Gasteiger partial charge in [0.2, 0.25) is 0 Å². The second-order valence-corrected chi connectivity index (χ2v) is 6.16. The topological polar surface area (TPSA) is 33.1 Å². The van der Waals surface area contributed by atoms with E-state index >= 15 is 0 Å². The number of halogens is 3. The Hall–Kier alpha value is -0.320. The lowest BCUT2D eigenvalue weighted by Gasteiger charge is -2.10. The minimum atomic E-state index is -0.717. The standard InChI is InChI=1S/C11H8Cl3NOS/c12-8-5-15-2-1-6(8)3-9(16)7-4-10(13)17-11(7)14/h1-2,4-5,9,16H,3H2. The van der Waals surface area contributed by atoms with Crippen molar-refractivity contribution in [2.75, 3.05) is 0 Å². The molecule has 1 atom stereocenters. The molecule has 2 nitrogen and oxygen atoms in total. The lowest BCUT2D eigenvalue weighted by molar-refractivity contribution is 0.179. The van der Waals surface area contributed by atoms with Gasteiger partial charge in [-0.1, -0.05) is 34.8 Å². The third-order valence-electron chi connectivity index (χ3n) is 2.31. The zero-order valence-corrected chi connectivity index (χ0v) is 11.6. The maximum atomic E-state index is 10.1. The van der Waals surface area contributed by atoms with Crippen LogP contribution in [0.1, 0.15) is 17.2 Å². The first-order valence-electron chi connectivity index (χ1n) is 4.79. The molecule has 0 spiro atoms. The van der Waals surface area contributed by atoms with Crippen molar-refractivity contribution >= 4 is 46.1 Å². The van der Waals surface area contributed by atoms with Crippen molar-refractivity contribution in [3.63, 3.8) is 0 Å². The first kappa shape index (κ1) is 13.1. The van der Waals surface area contributed by atoms with Gasteiger partial charge in [-0.2, -0.15) is 0 Å². The Balaban J connectivity index is 2.20. The molecule has 90 valence electrons. The summed E-state index contributed by atoms with van der Waals surface area (Å²) in [5.74, 6) is 0. The summed E-state index contributed by atoms with van der Waals surface area (Å²) in [5.41, 5.74) is 1.46. The van der Waals surface area contributed by atoms with Crippen LogP contribution in [0.3, 0.4) is 0 Å². The molecule has 0 aliphatic carbocycles. The summed E-state index contributed by atoms with van der Waals surface area (Å²) >= 11 is 19.0. The smallest absolute Gasteiger partial charge is 0.100 e. The van der Waals surface area contributed by atoms with E-state index in [1.165, 1.54) is 11.3 Å². The summed E-state index contributed by atoms with van der Waals surface area (Å²) < 4.78 is 1.07. The van der Waals surface area contributed by atoms with E-state index in [2.05, 4.69) is 4.98 Å². The van der Waals surface area contributed by atoms with E-state index in [0.29, 0.717) is 25.7 Å². The van der Waals surface area contributed by atoms with Gasteiger partial charge in [0.25, 0.3) is 0 Å². The molecular weight excluding hydrogens is 301 g/mol. The third kappa shape index (κ3) is 3.12. The Kier molecular flexibility index (Phi) is 4.28. The molecule has 1 unspecified atom stereocenters. The van der Waals surface area contributed by atoms with Crippen molar-refractivity contribution in [3.8, 4) is 0 Å². The predicted octanol–water partition coefficient (Wildman–Crippen LogP) is 4.38. The first-order valence-corrected chi connectivity index (χ1v) is 6.74. The molecule has 0 amide bonds. The van der Waals surface area contributed by atoms with Crippen LogP contribution in [-0.4, -0.2) is 10.1 Å². The molecule has 0 aromatic carbocycles. The van der Waals surface area contributed by atoms with Crippen molar-refractivity contribution in [2.45, 2.75) is 12.5 Å². The molecule has 2 rings (SSSR count). The second-order valence-electron chi connectivity index (χ2n) is 3.47. The zero-order valence-electron chi connectivity index (χ0n) is 8.53. The number of aliphatic hydroxyl groups is 1. The highest BCUT2D eigenvalue weighted by Gasteiger charge is 2.16. The molecule has 0 fully saturated rings. The third-order valence-corrected chi connectivity index (χ3v) is 4.17. The van der Waals surface area contributed by atoms with E-state index in [1.807, 2.05) is 0 Å². The largest absolute Gasteiger partial charge is 0.388 e. The maximum Gasteiger partial charge on any atom is 0.100 e. The fraction of sp³-hybridized carbons (Fsp3) is 0.182. The molecule has 2 heterocycles. The molecule has 0 saturated carbocycles. The summed E-state index contributed by atoms with van der Waals surface area (Å²) in [4.78, 5) is 3.89. The van der Waals surface area contributed by atoms with Gasteiger partial charge >= 0.3 is 0 Å². The van der Waals surface area contributed by atoms with E-state index in [0.717, 1.165) is 5.56 Å². The SMILES string of the molecule is OC(Cc1ccncc1Cl)c1cc(Cl)sc1Cl. The van der Waals surface area contributed by atoms with Crippen molar-refractivity contribution in [1.29, 1.82) is 0 Å². The Morgan fingerprint density at radius 3 is 2.71 bits per heavy atom. The second kappa shape index (κ2) is 5.55. The Morgan fingerprint density at radius 1 is 1.35 bits per heavy atom. The first-order chi connectivity index (χ1) is 8.08. The highest BCUT2D eigenvalue weighted by Crippen LogP contribution is 2.36. The van der Waals surface area contributed by atoms with Crippen LogP contribution in [0.15, 0.2) is 24.5 Å². The van der Waals surface area contributed by atoms with Crippen LogP contribution in [0.2, 0.25) is 13.7 Å². The quantitative estimate of drug-likeness (QED) is 0.913. The predicted molar refractivity (Wildman–Crippen MR) is 72.2 cm³/mol. The number of hydrogen-bond acceptors (Lipinski definition) is 3. The fourth-order valence-electron chi connectivity index (χ4n) is 1.47. The number of hydrogen-bond donors (Lipinski definition) is 1. The summed E-state index contributed by atoms with van der Waals surface area (Å²) in [6, 6.07) is 3.45. The molecule has 0 bridgehead atoms. The fourth-order valence-corrected chi connectivity index (χ4v) is 3.23. The normalized spacial score (nSPS) is 12.7. The lowest BCUT2D eigenvalue weighted by Crippen LogP contribution is -2.01. The number of thiophene rings is 1. The molecular formula is C11H8Cl3NOS.